The second-order valence-corrected chi connectivity index (χ2v) is 7.62. The maximum atomic E-state index is 5.74. The molecule has 0 saturated carbocycles. The summed E-state index contributed by atoms with van der Waals surface area (Å²) >= 11 is 0. The molecule has 1 aliphatic rings. The van der Waals surface area contributed by atoms with E-state index in [9.17, 15) is 0 Å². The van der Waals surface area contributed by atoms with Gasteiger partial charge in [-0.15, -0.1) is 24.0 Å². The lowest BCUT2D eigenvalue weighted by Crippen LogP contribution is -2.44. The van der Waals surface area contributed by atoms with Crippen LogP contribution in [0.1, 0.15) is 36.6 Å². The van der Waals surface area contributed by atoms with Crippen molar-refractivity contribution in [3.05, 3.63) is 60.2 Å². The Morgan fingerprint density at radius 2 is 1.97 bits per heavy atom. The zero-order valence-corrected chi connectivity index (χ0v) is 19.9. The quantitative estimate of drug-likeness (QED) is 0.246. The van der Waals surface area contributed by atoms with E-state index >= 15 is 0 Å². The fraction of sp³-hybridized carbons (Fsp3) is 0.435. The lowest BCUT2D eigenvalue weighted by atomic mass is 10.1. The van der Waals surface area contributed by atoms with Crippen LogP contribution in [0.15, 0.2) is 58.3 Å². The van der Waals surface area contributed by atoms with Gasteiger partial charge in [0.15, 0.2) is 5.96 Å². The van der Waals surface area contributed by atoms with Gasteiger partial charge < -0.3 is 20.0 Å². The SMILES string of the molecule is CN=C(NCCc1c[nH]c2ccccc12)NCC(c1ccco1)N1CCCCC1.I. The fourth-order valence-electron chi connectivity index (χ4n) is 4.19. The number of piperidine rings is 1. The monoisotopic (exact) mass is 521 g/mol. The molecule has 30 heavy (non-hydrogen) atoms. The van der Waals surface area contributed by atoms with Gasteiger partial charge in [-0.1, -0.05) is 24.6 Å². The van der Waals surface area contributed by atoms with Crippen LogP contribution in [-0.4, -0.2) is 49.1 Å². The molecule has 1 atom stereocenters. The average molecular weight is 521 g/mol. The fourth-order valence-corrected chi connectivity index (χ4v) is 4.19. The first-order valence-electron chi connectivity index (χ1n) is 10.6. The summed E-state index contributed by atoms with van der Waals surface area (Å²) in [6.07, 6.45) is 8.65. The van der Waals surface area contributed by atoms with Crippen molar-refractivity contribution in [2.75, 3.05) is 33.2 Å². The number of likely N-dealkylation sites (tertiary alicyclic amines) is 1. The molecule has 0 spiro atoms. The minimum absolute atomic E-state index is 0. The van der Waals surface area contributed by atoms with Crippen molar-refractivity contribution >= 4 is 40.8 Å². The number of halogens is 1. The highest BCUT2D eigenvalue weighted by molar-refractivity contribution is 14.0. The molecule has 1 aromatic carbocycles. The number of hydrogen-bond acceptors (Lipinski definition) is 3. The highest BCUT2D eigenvalue weighted by Crippen LogP contribution is 2.24. The van der Waals surface area contributed by atoms with Crippen LogP contribution in [0.5, 0.6) is 0 Å². The van der Waals surface area contributed by atoms with Gasteiger partial charge in [0.05, 0.1) is 12.3 Å². The number of hydrogen-bond donors (Lipinski definition) is 3. The third kappa shape index (κ3) is 5.57. The normalized spacial score (nSPS) is 16.2. The van der Waals surface area contributed by atoms with Crippen LogP contribution in [-0.2, 0) is 6.42 Å². The number of benzene rings is 1. The van der Waals surface area contributed by atoms with Crippen molar-refractivity contribution in [3.63, 3.8) is 0 Å². The summed E-state index contributed by atoms with van der Waals surface area (Å²) in [5.41, 5.74) is 2.51. The van der Waals surface area contributed by atoms with E-state index in [4.69, 9.17) is 4.42 Å². The number of guanidine groups is 1. The van der Waals surface area contributed by atoms with E-state index in [0.717, 1.165) is 44.3 Å². The summed E-state index contributed by atoms with van der Waals surface area (Å²) in [7, 11) is 1.82. The number of aliphatic imine (C=N–C) groups is 1. The van der Waals surface area contributed by atoms with E-state index in [1.165, 1.54) is 35.7 Å². The lowest BCUT2D eigenvalue weighted by molar-refractivity contribution is 0.146. The summed E-state index contributed by atoms with van der Waals surface area (Å²) in [5.74, 6) is 1.85. The van der Waals surface area contributed by atoms with Gasteiger partial charge in [-0.05, 0) is 56.1 Å². The molecule has 4 rings (SSSR count). The molecule has 1 aliphatic heterocycles. The molecule has 3 aromatic rings. The molecular formula is C23H32IN5O. The van der Waals surface area contributed by atoms with Gasteiger partial charge in [-0.2, -0.15) is 0 Å². The van der Waals surface area contributed by atoms with E-state index in [1.54, 1.807) is 6.26 Å². The van der Waals surface area contributed by atoms with Gasteiger partial charge in [0.25, 0.3) is 0 Å². The lowest BCUT2D eigenvalue weighted by Gasteiger charge is -2.33. The van der Waals surface area contributed by atoms with Crippen LogP contribution in [0.25, 0.3) is 10.9 Å². The topological polar surface area (TPSA) is 68.6 Å². The predicted molar refractivity (Wildman–Crippen MR) is 134 cm³/mol. The molecule has 3 N–H and O–H groups in total. The molecule has 2 aromatic heterocycles. The van der Waals surface area contributed by atoms with Crippen LogP contribution in [0, 0.1) is 0 Å². The Hall–Kier alpha value is -2.00. The minimum atomic E-state index is 0. The van der Waals surface area contributed by atoms with Crippen molar-refractivity contribution in [1.29, 1.82) is 0 Å². The Kier molecular flexibility index (Phi) is 8.62. The van der Waals surface area contributed by atoms with Crippen molar-refractivity contribution in [2.24, 2.45) is 4.99 Å². The first-order valence-corrected chi connectivity index (χ1v) is 10.6. The van der Waals surface area contributed by atoms with Gasteiger partial charge in [0, 0.05) is 37.2 Å². The van der Waals surface area contributed by atoms with Crippen LogP contribution in [0.3, 0.4) is 0 Å². The summed E-state index contributed by atoms with van der Waals surface area (Å²) in [5, 5.41) is 8.25. The average Bonchev–Trinajstić information content (AvgIpc) is 3.44. The molecule has 0 radical (unpaired) electrons. The Bertz CT molecular complexity index is 915. The van der Waals surface area contributed by atoms with E-state index < -0.39 is 0 Å². The zero-order chi connectivity index (χ0) is 19.9. The molecular weight excluding hydrogens is 489 g/mol. The number of H-pyrrole nitrogens is 1. The summed E-state index contributed by atoms with van der Waals surface area (Å²) < 4.78 is 5.74. The van der Waals surface area contributed by atoms with E-state index in [-0.39, 0.29) is 30.0 Å². The second-order valence-electron chi connectivity index (χ2n) is 7.62. The number of nitrogens with zero attached hydrogens (tertiary/aromatic N) is 2. The van der Waals surface area contributed by atoms with Gasteiger partial charge in [-0.25, -0.2) is 0 Å². The Balaban J connectivity index is 0.00000256. The molecule has 6 nitrogen and oxygen atoms in total. The number of para-hydroxylation sites is 1. The molecule has 1 saturated heterocycles. The molecule has 1 fully saturated rings. The highest BCUT2D eigenvalue weighted by Gasteiger charge is 2.24. The Morgan fingerprint density at radius 3 is 2.73 bits per heavy atom. The van der Waals surface area contributed by atoms with Crippen molar-refractivity contribution in [1.82, 2.24) is 20.5 Å². The minimum Gasteiger partial charge on any atom is -0.468 e. The number of aromatic amines is 1. The maximum Gasteiger partial charge on any atom is 0.191 e. The largest absolute Gasteiger partial charge is 0.468 e. The molecule has 1 unspecified atom stereocenters. The Morgan fingerprint density at radius 1 is 1.13 bits per heavy atom. The molecule has 162 valence electrons. The second kappa shape index (κ2) is 11.4. The van der Waals surface area contributed by atoms with E-state index in [1.807, 2.05) is 13.1 Å². The number of furan rings is 1. The molecule has 7 heteroatoms. The van der Waals surface area contributed by atoms with Crippen LogP contribution in [0.2, 0.25) is 0 Å². The summed E-state index contributed by atoms with van der Waals surface area (Å²) in [6.45, 7) is 3.86. The Labute approximate surface area is 195 Å². The zero-order valence-electron chi connectivity index (χ0n) is 17.6. The molecule has 0 amide bonds. The highest BCUT2D eigenvalue weighted by atomic mass is 127. The summed E-state index contributed by atoms with van der Waals surface area (Å²) in [4.78, 5) is 10.3. The van der Waals surface area contributed by atoms with Crippen molar-refractivity contribution < 1.29 is 4.42 Å². The van der Waals surface area contributed by atoms with Gasteiger partial charge in [0.1, 0.15) is 5.76 Å². The third-order valence-corrected chi connectivity index (χ3v) is 5.75. The predicted octanol–water partition coefficient (Wildman–Crippen LogP) is 4.31. The van der Waals surface area contributed by atoms with E-state index in [0.29, 0.717) is 0 Å². The number of aromatic nitrogens is 1. The standard InChI is InChI=1S/C23H31N5O.HI/c1-24-23(25-12-11-18-16-26-20-9-4-3-8-19(18)20)27-17-21(22-10-7-15-29-22)28-13-5-2-6-14-28;/h3-4,7-10,15-16,21,26H,2,5-6,11-14,17H2,1H3,(H2,24,25,27);1H. The number of rotatable bonds is 7. The first-order chi connectivity index (χ1) is 14.3. The van der Waals surface area contributed by atoms with E-state index in [2.05, 4.69) is 62.0 Å². The summed E-state index contributed by atoms with van der Waals surface area (Å²) in [6, 6.07) is 12.7. The molecule has 3 heterocycles. The van der Waals surface area contributed by atoms with Gasteiger partial charge in [-0.3, -0.25) is 9.89 Å². The van der Waals surface area contributed by atoms with Crippen LogP contribution >= 0.6 is 24.0 Å². The number of fused-ring (bicyclic) bond motifs is 1. The number of nitrogens with one attached hydrogen (secondary N) is 3. The van der Waals surface area contributed by atoms with Crippen molar-refractivity contribution in [3.8, 4) is 0 Å². The molecule has 0 aliphatic carbocycles. The van der Waals surface area contributed by atoms with Crippen molar-refractivity contribution in [2.45, 2.75) is 31.7 Å². The smallest absolute Gasteiger partial charge is 0.191 e. The third-order valence-electron chi connectivity index (χ3n) is 5.75. The first kappa shape index (κ1) is 22.7. The van der Waals surface area contributed by atoms with Crippen LogP contribution < -0.4 is 10.6 Å². The van der Waals surface area contributed by atoms with Crippen LogP contribution in [0.4, 0.5) is 0 Å². The maximum absolute atomic E-state index is 5.74. The van der Waals surface area contributed by atoms with Gasteiger partial charge >= 0.3 is 0 Å². The van der Waals surface area contributed by atoms with Gasteiger partial charge in [0.2, 0.25) is 0 Å². The molecule has 0 bridgehead atoms.